The van der Waals surface area contributed by atoms with E-state index in [0.717, 1.165) is 6.42 Å². The van der Waals surface area contributed by atoms with Gasteiger partial charge in [0.05, 0.1) is 11.0 Å². The van der Waals surface area contributed by atoms with Gasteiger partial charge in [-0.3, -0.25) is 10.1 Å². The Kier molecular flexibility index (Phi) is 4.67. The van der Waals surface area contributed by atoms with Gasteiger partial charge in [0.2, 0.25) is 12.5 Å². The Morgan fingerprint density at radius 2 is 2.19 bits per heavy atom. The van der Waals surface area contributed by atoms with Gasteiger partial charge in [0.25, 0.3) is 0 Å². The molecule has 116 valence electrons. The van der Waals surface area contributed by atoms with Crippen LogP contribution in [0, 0.1) is 10.1 Å². The molecular weight excluding hydrogens is 319 g/mol. The molecular formula is C11H15N2O6PS. The average molecular weight is 334 g/mol. The minimum atomic E-state index is -3.40. The number of nitro benzene ring substituents is 1. The van der Waals surface area contributed by atoms with E-state index < -0.39 is 11.6 Å². The summed E-state index contributed by atoms with van der Waals surface area (Å²) in [5, 5.41) is 13.8. The smallest absolute Gasteiger partial charge is 0.315 e. The number of hydrogen-bond acceptors (Lipinski definition) is 6. The van der Waals surface area contributed by atoms with Crippen LogP contribution in [0.2, 0.25) is 0 Å². The summed E-state index contributed by atoms with van der Waals surface area (Å²) in [6.45, 7) is 0.325. The van der Waals surface area contributed by atoms with Gasteiger partial charge in [-0.05, 0) is 25.2 Å². The number of nitrogens with zero attached hydrogens (tertiary/aromatic N) is 1. The van der Waals surface area contributed by atoms with Gasteiger partial charge in [0.1, 0.15) is 0 Å². The SMILES string of the molecule is CCC(C)NP(O)(=S)Oc1cc2c(cc1[N+](=O)[O-])OCO2. The summed E-state index contributed by atoms with van der Waals surface area (Å²) in [6, 6.07) is 2.42. The molecule has 2 atom stereocenters. The van der Waals surface area contributed by atoms with E-state index in [1.807, 2.05) is 13.8 Å². The number of ether oxygens (including phenoxy) is 2. The molecule has 0 fully saturated rings. The predicted octanol–water partition coefficient (Wildman–Crippen LogP) is 2.31. The van der Waals surface area contributed by atoms with E-state index in [-0.39, 0.29) is 30.0 Å². The Bertz CT molecular complexity index is 611. The van der Waals surface area contributed by atoms with Crippen molar-refractivity contribution in [1.82, 2.24) is 5.09 Å². The zero-order chi connectivity index (χ0) is 15.6. The lowest BCUT2D eigenvalue weighted by molar-refractivity contribution is -0.385. The van der Waals surface area contributed by atoms with E-state index in [0.29, 0.717) is 5.75 Å². The highest BCUT2D eigenvalue weighted by Gasteiger charge is 2.28. The second kappa shape index (κ2) is 6.15. The molecule has 10 heteroatoms. The zero-order valence-electron chi connectivity index (χ0n) is 11.4. The van der Waals surface area contributed by atoms with Crippen molar-refractivity contribution < 1.29 is 23.8 Å². The largest absolute Gasteiger partial charge is 0.453 e. The van der Waals surface area contributed by atoms with Crippen LogP contribution in [0.25, 0.3) is 0 Å². The van der Waals surface area contributed by atoms with Gasteiger partial charge in [-0.1, -0.05) is 6.92 Å². The van der Waals surface area contributed by atoms with Gasteiger partial charge in [0, 0.05) is 12.1 Å². The van der Waals surface area contributed by atoms with Gasteiger partial charge in [0.15, 0.2) is 11.5 Å². The summed E-state index contributed by atoms with van der Waals surface area (Å²) < 4.78 is 15.5. The molecule has 0 amide bonds. The lowest BCUT2D eigenvalue weighted by Gasteiger charge is -2.21. The Morgan fingerprint density at radius 3 is 2.76 bits per heavy atom. The molecule has 1 aliphatic heterocycles. The molecule has 1 aromatic carbocycles. The lowest BCUT2D eigenvalue weighted by Crippen LogP contribution is -2.24. The highest BCUT2D eigenvalue weighted by molar-refractivity contribution is 8.08. The molecule has 0 saturated carbocycles. The molecule has 1 aromatic rings. The van der Waals surface area contributed by atoms with E-state index in [9.17, 15) is 15.0 Å². The summed E-state index contributed by atoms with van der Waals surface area (Å²) in [5.74, 6) is 0.426. The van der Waals surface area contributed by atoms with Crippen LogP contribution in [0.4, 0.5) is 5.69 Å². The van der Waals surface area contributed by atoms with Gasteiger partial charge in [-0.25, -0.2) is 5.09 Å². The maximum Gasteiger partial charge on any atom is 0.315 e. The first-order chi connectivity index (χ1) is 9.82. The van der Waals surface area contributed by atoms with Gasteiger partial charge in [-0.15, -0.1) is 0 Å². The Hall–Kier alpha value is -1.41. The fourth-order valence-corrected chi connectivity index (χ4v) is 3.64. The highest BCUT2D eigenvalue weighted by Crippen LogP contribution is 2.48. The molecule has 2 unspecified atom stereocenters. The van der Waals surface area contributed by atoms with Crippen molar-refractivity contribution in [2.24, 2.45) is 0 Å². The number of benzene rings is 1. The topological polar surface area (TPSA) is 103 Å². The second-order valence-electron chi connectivity index (χ2n) is 4.48. The van der Waals surface area contributed by atoms with Gasteiger partial charge >= 0.3 is 12.3 Å². The third kappa shape index (κ3) is 3.82. The van der Waals surface area contributed by atoms with Crippen LogP contribution in [-0.2, 0) is 11.8 Å². The van der Waals surface area contributed by atoms with Crippen LogP contribution in [0.1, 0.15) is 20.3 Å². The molecule has 0 radical (unpaired) electrons. The molecule has 2 N–H and O–H groups in total. The third-order valence-corrected chi connectivity index (χ3v) is 4.62. The lowest BCUT2D eigenvalue weighted by atomic mass is 10.2. The monoisotopic (exact) mass is 334 g/mol. The Balaban J connectivity index is 2.30. The molecule has 1 aliphatic rings. The average Bonchev–Trinajstić information content (AvgIpc) is 2.83. The molecule has 1 heterocycles. The minimum Gasteiger partial charge on any atom is -0.453 e. The van der Waals surface area contributed by atoms with Crippen molar-refractivity contribution in [1.29, 1.82) is 0 Å². The van der Waals surface area contributed by atoms with Gasteiger partial charge < -0.3 is 18.9 Å². The van der Waals surface area contributed by atoms with E-state index >= 15 is 0 Å². The molecule has 0 aliphatic carbocycles. The zero-order valence-corrected chi connectivity index (χ0v) is 13.1. The van der Waals surface area contributed by atoms with Crippen LogP contribution >= 0.6 is 6.64 Å². The Labute approximate surface area is 126 Å². The first-order valence-corrected chi connectivity index (χ1v) is 8.88. The number of fused-ring (bicyclic) bond motifs is 1. The fourth-order valence-electron chi connectivity index (χ4n) is 1.66. The predicted molar refractivity (Wildman–Crippen MR) is 79.2 cm³/mol. The van der Waals surface area contributed by atoms with Crippen molar-refractivity contribution in [3.05, 3.63) is 22.2 Å². The van der Waals surface area contributed by atoms with E-state index in [4.69, 9.17) is 25.8 Å². The molecule has 0 aromatic heterocycles. The van der Waals surface area contributed by atoms with E-state index in [1.165, 1.54) is 12.1 Å². The van der Waals surface area contributed by atoms with Crippen LogP contribution in [0.5, 0.6) is 17.2 Å². The molecule has 0 spiro atoms. The maximum atomic E-state index is 11.1. The quantitative estimate of drug-likeness (QED) is 0.464. The number of nitrogens with one attached hydrogen (secondary N) is 1. The molecule has 0 saturated heterocycles. The van der Waals surface area contributed by atoms with Crippen molar-refractivity contribution in [3.8, 4) is 17.2 Å². The number of nitro groups is 1. The highest BCUT2D eigenvalue weighted by atomic mass is 32.5. The van der Waals surface area contributed by atoms with Crippen molar-refractivity contribution in [2.75, 3.05) is 6.79 Å². The number of rotatable bonds is 6. The first-order valence-electron chi connectivity index (χ1n) is 6.20. The molecule has 21 heavy (non-hydrogen) atoms. The molecule has 8 nitrogen and oxygen atoms in total. The summed E-state index contributed by atoms with van der Waals surface area (Å²) in [6.07, 6.45) is 0.728. The normalized spacial score (nSPS) is 17.1. The maximum absolute atomic E-state index is 11.1. The Morgan fingerprint density at radius 1 is 1.57 bits per heavy atom. The van der Waals surface area contributed by atoms with Crippen LogP contribution < -0.4 is 19.1 Å². The van der Waals surface area contributed by atoms with Gasteiger partial charge in [-0.2, -0.15) is 0 Å². The molecule has 0 bridgehead atoms. The first kappa shape index (κ1) is 16.0. The summed E-state index contributed by atoms with van der Waals surface area (Å²) in [7, 11) is 0. The van der Waals surface area contributed by atoms with E-state index in [1.54, 1.807) is 0 Å². The number of hydrogen-bond donors (Lipinski definition) is 2. The van der Waals surface area contributed by atoms with E-state index in [2.05, 4.69) is 5.09 Å². The fraction of sp³-hybridized carbons (Fsp3) is 0.455. The minimum absolute atomic E-state index is 0.0195. The van der Waals surface area contributed by atoms with Crippen molar-refractivity contribution in [2.45, 2.75) is 26.3 Å². The van der Waals surface area contributed by atoms with Crippen LogP contribution in [0.15, 0.2) is 12.1 Å². The summed E-state index contributed by atoms with van der Waals surface area (Å²) in [5.41, 5.74) is -0.339. The van der Waals surface area contributed by atoms with Crippen molar-refractivity contribution in [3.63, 3.8) is 0 Å². The summed E-state index contributed by atoms with van der Waals surface area (Å²) >= 11 is 4.98. The summed E-state index contributed by atoms with van der Waals surface area (Å²) in [4.78, 5) is 20.6. The standard InChI is InChI=1S/C11H15N2O6PS/c1-3-7(2)12-20(16,21)19-9-5-11-10(17-6-18-11)4-8(9)13(14)15/h4-5,7H,3,6H2,1-2H3,(H2,12,16,21). The second-order valence-corrected chi connectivity index (χ2v) is 7.45. The molecule has 2 rings (SSSR count). The van der Waals surface area contributed by atoms with Crippen LogP contribution in [0.3, 0.4) is 0 Å². The third-order valence-electron chi connectivity index (χ3n) is 2.87. The van der Waals surface area contributed by atoms with Crippen LogP contribution in [-0.4, -0.2) is 22.7 Å². The van der Waals surface area contributed by atoms with Crippen molar-refractivity contribution >= 4 is 24.1 Å².